The highest BCUT2D eigenvalue weighted by Gasteiger charge is 2.31. The molecule has 98 valence electrons. The lowest BCUT2D eigenvalue weighted by atomic mass is 10.2. The number of nitrogens with zero attached hydrogens (tertiary/aromatic N) is 2. The minimum absolute atomic E-state index is 0.405. The van der Waals surface area contributed by atoms with Gasteiger partial charge >= 0.3 is 0 Å². The SMILES string of the molecule is CC1SCC(c2nc(N)cc(C3CC3)n2)SC1C. The van der Waals surface area contributed by atoms with Crippen LogP contribution >= 0.6 is 23.5 Å². The number of rotatable bonds is 2. The zero-order valence-corrected chi connectivity index (χ0v) is 12.4. The van der Waals surface area contributed by atoms with Gasteiger partial charge < -0.3 is 5.73 Å². The molecule has 1 aliphatic heterocycles. The van der Waals surface area contributed by atoms with Gasteiger partial charge in [0.15, 0.2) is 0 Å². The molecule has 0 bridgehead atoms. The van der Waals surface area contributed by atoms with Gasteiger partial charge in [0.1, 0.15) is 11.6 Å². The number of nitrogen functional groups attached to an aromatic ring is 1. The predicted molar refractivity (Wildman–Crippen MR) is 80.1 cm³/mol. The Kier molecular flexibility index (Phi) is 3.45. The van der Waals surface area contributed by atoms with E-state index in [0.717, 1.165) is 22.5 Å². The van der Waals surface area contributed by atoms with E-state index in [9.17, 15) is 0 Å². The number of nitrogens with two attached hydrogens (primary N) is 1. The molecule has 0 amide bonds. The third kappa shape index (κ3) is 2.62. The lowest BCUT2D eigenvalue weighted by Crippen LogP contribution is -2.23. The van der Waals surface area contributed by atoms with Crippen LogP contribution < -0.4 is 5.73 Å². The number of aromatic nitrogens is 2. The topological polar surface area (TPSA) is 51.8 Å². The Bertz CT molecular complexity index is 448. The quantitative estimate of drug-likeness (QED) is 0.902. The van der Waals surface area contributed by atoms with Gasteiger partial charge in [-0.25, -0.2) is 9.97 Å². The van der Waals surface area contributed by atoms with Crippen molar-refractivity contribution in [3.05, 3.63) is 17.6 Å². The minimum Gasteiger partial charge on any atom is -0.384 e. The molecule has 0 radical (unpaired) electrons. The second-order valence-corrected chi connectivity index (χ2v) is 8.21. The van der Waals surface area contributed by atoms with Crippen LogP contribution in [0.1, 0.15) is 49.4 Å². The Morgan fingerprint density at radius 2 is 2.00 bits per heavy atom. The molecular weight excluding hydrogens is 262 g/mol. The lowest BCUT2D eigenvalue weighted by Gasteiger charge is -2.30. The van der Waals surface area contributed by atoms with Gasteiger partial charge in [0, 0.05) is 33.9 Å². The summed E-state index contributed by atoms with van der Waals surface area (Å²) in [5.74, 6) is 3.34. The molecule has 1 aromatic rings. The van der Waals surface area contributed by atoms with Crippen LogP contribution in [-0.2, 0) is 0 Å². The average molecular weight is 281 g/mol. The highest BCUT2D eigenvalue weighted by molar-refractivity contribution is 8.07. The van der Waals surface area contributed by atoms with Gasteiger partial charge in [-0.1, -0.05) is 13.8 Å². The van der Waals surface area contributed by atoms with Gasteiger partial charge in [0.05, 0.1) is 5.25 Å². The fraction of sp³-hybridized carbons (Fsp3) is 0.692. The van der Waals surface area contributed by atoms with Crippen molar-refractivity contribution in [3.8, 4) is 0 Å². The molecule has 3 nitrogen and oxygen atoms in total. The van der Waals surface area contributed by atoms with Crippen LogP contribution in [0.4, 0.5) is 5.82 Å². The van der Waals surface area contributed by atoms with Crippen LogP contribution in [0.2, 0.25) is 0 Å². The smallest absolute Gasteiger partial charge is 0.144 e. The van der Waals surface area contributed by atoms with E-state index in [1.807, 2.05) is 29.6 Å². The van der Waals surface area contributed by atoms with Gasteiger partial charge in [0.2, 0.25) is 0 Å². The van der Waals surface area contributed by atoms with E-state index >= 15 is 0 Å². The molecule has 1 saturated heterocycles. The van der Waals surface area contributed by atoms with Crippen LogP contribution in [0.3, 0.4) is 0 Å². The number of hydrogen-bond donors (Lipinski definition) is 1. The molecule has 2 fully saturated rings. The summed E-state index contributed by atoms with van der Waals surface area (Å²) in [6.07, 6.45) is 2.52. The second-order valence-electron chi connectivity index (χ2n) is 5.22. The van der Waals surface area contributed by atoms with E-state index in [4.69, 9.17) is 10.7 Å². The molecule has 5 heteroatoms. The predicted octanol–water partition coefficient (Wildman–Crippen LogP) is 3.23. The maximum atomic E-state index is 5.93. The first-order valence-corrected chi connectivity index (χ1v) is 8.54. The Hall–Kier alpha value is -0.420. The van der Waals surface area contributed by atoms with Gasteiger partial charge in [0.25, 0.3) is 0 Å². The molecule has 18 heavy (non-hydrogen) atoms. The molecule has 2 aliphatic rings. The van der Waals surface area contributed by atoms with E-state index < -0.39 is 0 Å². The largest absolute Gasteiger partial charge is 0.384 e. The normalized spacial score (nSPS) is 32.4. The van der Waals surface area contributed by atoms with Crippen LogP contribution in [0.25, 0.3) is 0 Å². The van der Waals surface area contributed by atoms with Crippen molar-refractivity contribution in [1.29, 1.82) is 0 Å². The van der Waals surface area contributed by atoms with Crippen LogP contribution in [0.15, 0.2) is 6.07 Å². The second kappa shape index (κ2) is 4.93. The third-order valence-corrected chi connectivity index (χ3v) is 7.00. The maximum Gasteiger partial charge on any atom is 0.144 e. The molecule has 2 heterocycles. The Morgan fingerprint density at radius 1 is 1.22 bits per heavy atom. The van der Waals surface area contributed by atoms with Crippen molar-refractivity contribution in [2.45, 2.75) is 48.4 Å². The van der Waals surface area contributed by atoms with Gasteiger partial charge in [-0.05, 0) is 12.8 Å². The number of thioether (sulfide) groups is 2. The molecular formula is C13H19N3S2. The average Bonchev–Trinajstić information content (AvgIpc) is 3.16. The summed E-state index contributed by atoms with van der Waals surface area (Å²) in [4.78, 5) is 9.21. The highest BCUT2D eigenvalue weighted by atomic mass is 32.2. The summed E-state index contributed by atoms with van der Waals surface area (Å²) in [7, 11) is 0. The fourth-order valence-corrected chi connectivity index (χ4v) is 5.00. The summed E-state index contributed by atoms with van der Waals surface area (Å²) in [5, 5.41) is 1.78. The van der Waals surface area contributed by atoms with Crippen molar-refractivity contribution in [2.75, 3.05) is 11.5 Å². The van der Waals surface area contributed by atoms with E-state index in [1.165, 1.54) is 12.8 Å². The first kappa shape index (κ1) is 12.6. The maximum absolute atomic E-state index is 5.93. The van der Waals surface area contributed by atoms with Gasteiger partial charge in [-0.3, -0.25) is 0 Å². The number of anilines is 1. The summed E-state index contributed by atoms with van der Waals surface area (Å²) in [6, 6.07) is 1.95. The molecule has 1 aliphatic carbocycles. The summed E-state index contributed by atoms with van der Waals surface area (Å²) >= 11 is 4.02. The first-order chi connectivity index (χ1) is 8.63. The van der Waals surface area contributed by atoms with Crippen molar-refractivity contribution in [1.82, 2.24) is 9.97 Å². The molecule has 1 saturated carbocycles. The van der Waals surface area contributed by atoms with Gasteiger partial charge in [-0.15, -0.1) is 11.8 Å². The van der Waals surface area contributed by atoms with Crippen molar-refractivity contribution >= 4 is 29.3 Å². The van der Waals surface area contributed by atoms with E-state index in [2.05, 4.69) is 18.8 Å². The monoisotopic (exact) mass is 281 g/mol. The molecule has 0 aromatic carbocycles. The molecule has 1 aromatic heterocycles. The summed E-state index contributed by atoms with van der Waals surface area (Å²) < 4.78 is 0. The fourth-order valence-electron chi connectivity index (χ4n) is 2.16. The van der Waals surface area contributed by atoms with Gasteiger partial charge in [-0.2, -0.15) is 11.8 Å². The Morgan fingerprint density at radius 3 is 2.67 bits per heavy atom. The summed E-state index contributed by atoms with van der Waals surface area (Å²) in [6.45, 7) is 4.59. The number of hydrogen-bond acceptors (Lipinski definition) is 5. The molecule has 3 rings (SSSR count). The molecule has 2 N–H and O–H groups in total. The zero-order valence-electron chi connectivity index (χ0n) is 10.8. The van der Waals surface area contributed by atoms with E-state index in [0.29, 0.717) is 22.2 Å². The van der Waals surface area contributed by atoms with E-state index in [1.54, 1.807) is 0 Å². The minimum atomic E-state index is 0.405. The van der Waals surface area contributed by atoms with Crippen molar-refractivity contribution in [3.63, 3.8) is 0 Å². The van der Waals surface area contributed by atoms with Crippen molar-refractivity contribution < 1.29 is 0 Å². The first-order valence-electron chi connectivity index (χ1n) is 6.55. The standard InChI is InChI=1S/C13H19N3S2/c1-7-8(2)18-11(6-17-7)13-15-10(9-3-4-9)5-12(14)16-13/h5,7-9,11H,3-4,6H2,1-2H3,(H2,14,15,16). The third-order valence-electron chi connectivity index (χ3n) is 3.62. The lowest BCUT2D eigenvalue weighted by molar-refractivity contribution is 0.842. The van der Waals surface area contributed by atoms with Crippen LogP contribution in [0.5, 0.6) is 0 Å². The summed E-state index contributed by atoms with van der Waals surface area (Å²) in [5.41, 5.74) is 7.09. The highest BCUT2D eigenvalue weighted by Crippen LogP contribution is 2.45. The van der Waals surface area contributed by atoms with Crippen LogP contribution in [-0.4, -0.2) is 26.2 Å². The van der Waals surface area contributed by atoms with Crippen molar-refractivity contribution in [2.24, 2.45) is 0 Å². The molecule has 3 atom stereocenters. The Labute approximate surface area is 117 Å². The molecule has 3 unspecified atom stereocenters. The molecule has 0 spiro atoms. The van der Waals surface area contributed by atoms with E-state index in [-0.39, 0.29) is 0 Å². The zero-order chi connectivity index (χ0) is 12.7. The Balaban J connectivity index is 1.82. The van der Waals surface area contributed by atoms with Crippen LogP contribution in [0, 0.1) is 0 Å².